The van der Waals surface area contributed by atoms with Gasteiger partial charge in [0, 0.05) is 6.04 Å². The van der Waals surface area contributed by atoms with Crippen LogP contribution in [-0.2, 0) is 17.6 Å². The van der Waals surface area contributed by atoms with Gasteiger partial charge in [-0.1, -0.05) is 31.2 Å². The molecule has 0 heterocycles. The summed E-state index contributed by atoms with van der Waals surface area (Å²) in [5.74, 6) is -1.01. The molecule has 2 rings (SSSR count). The van der Waals surface area contributed by atoms with Crippen molar-refractivity contribution in [2.75, 3.05) is 0 Å². The molecule has 0 bridgehead atoms. The van der Waals surface area contributed by atoms with Gasteiger partial charge in [-0.25, -0.2) is 9.59 Å². The minimum atomic E-state index is -1.01. The van der Waals surface area contributed by atoms with Gasteiger partial charge in [0.2, 0.25) is 0 Å². The topological polar surface area (TPSA) is 78.4 Å². The quantitative estimate of drug-likeness (QED) is 0.765. The monoisotopic (exact) mass is 262 g/mol. The number of aliphatic carboxylic acids is 1. The van der Waals surface area contributed by atoms with Crippen LogP contribution in [0.3, 0.4) is 0 Å². The van der Waals surface area contributed by atoms with E-state index in [1.54, 1.807) is 6.92 Å². The Morgan fingerprint density at radius 3 is 2.37 bits per heavy atom. The average molecular weight is 262 g/mol. The number of carboxylic acid groups (broad SMARTS) is 1. The van der Waals surface area contributed by atoms with Gasteiger partial charge < -0.3 is 15.7 Å². The molecule has 0 saturated carbocycles. The highest BCUT2D eigenvalue weighted by molar-refractivity contribution is 5.82. The zero-order chi connectivity index (χ0) is 13.8. The van der Waals surface area contributed by atoms with E-state index in [2.05, 4.69) is 22.8 Å². The van der Waals surface area contributed by atoms with Gasteiger partial charge in [-0.15, -0.1) is 0 Å². The molecule has 2 amide bonds. The fourth-order valence-electron chi connectivity index (χ4n) is 2.38. The molecular weight excluding hydrogens is 244 g/mol. The van der Waals surface area contributed by atoms with Gasteiger partial charge in [0.1, 0.15) is 6.04 Å². The van der Waals surface area contributed by atoms with Crippen LogP contribution in [0.15, 0.2) is 24.3 Å². The molecule has 0 unspecified atom stereocenters. The number of rotatable bonds is 4. The standard InChI is InChI=1S/C14H18N2O3/c1-2-12(13(17)18)16-14(19)15-11-7-9-5-3-4-6-10(9)8-11/h3-6,11-12H,2,7-8H2,1H3,(H,17,18)(H2,15,16,19)/t12-/m0/s1. The smallest absolute Gasteiger partial charge is 0.326 e. The number of amides is 2. The van der Waals surface area contributed by atoms with Gasteiger partial charge in [0.25, 0.3) is 0 Å². The van der Waals surface area contributed by atoms with E-state index in [-0.39, 0.29) is 6.04 Å². The lowest BCUT2D eigenvalue weighted by Crippen LogP contribution is -2.49. The maximum Gasteiger partial charge on any atom is 0.326 e. The SMILES string of the molecule is CC[C@H](NC(=O)NC1Cc2ccccc2C1)C(=O)O. The summed E-state index contributed by atoms with van der Waals surface area (Å²) in [5, 5.41) is 14.2. The summed E-state index contributed by atoms with van der Waals surface area (Å²) < 4.78 is 0. The van der Waals surface area contributed by atoms with E-state index >= 15 is 0 Å². The molecule has 19 heavy (non-hydrogen) atoms. The van der Waals surface area contributed by atoms with E-state index in [4.69, 9.17) is 5.11 Å². The van der Waals surface area contributed by atoms with Crippen molar-refractivity contribution in [3.05, 3.63) is 35.4 Å². The van der Waals surface area contributed by atoms with Crippen LogP contribution in [0.5, 0.6) is 0 Å². The Morgan fingerprint density at radius 2 is 1.89 bits per heavy atom. The lowest BCUT2D eigenvalue weighted by molar-refractivity contribution is -0.139. The molecule has 0 radical (unpaired) electrons. The summed E-state index contributed by atoms with van der Waals surface area (Å²) in [6.07, 6.45) is 1.97. The fourth-order valence-corrected chi connectivity index (χ4v) is 2.38. The van der Waals surface area contributed by atoms with Crippen molar-refractivity contribution in [3.63, 3.8) is 0 Å². The predicted molar refractivity (Wildman–Crippen MR) is 71.0 cm³/mol. The number of carboxylic acids is 1. The first-order chi connectivity index (χ1) is 9.10. The van der Waals surface area contributed by atoms with Crippen LogP contribution < -0.4 is 10.6 Å². The van der Waals surface area contributed by atoms with Crippen LogP contribution in [0.1, 0.15) is 24.5 Å². The van der Waals surface area contributed by atoms with E-state index in [0.29, 0.717) is 6.42 Å². The number of fused-ring (bicyclic) bond motifs is 1. The fraction of sp³-hybridized carbons (Fsp3) is 0.429. The van der Waals surface area contributed by atoms with E-state index in [0.717, 1.165) is 12.8 Å². The second kappa shape index (κ2) is 5.73. The van der Waals surface area contributed by atoms with Gasteiger partial charge in [0.15, 0.2) is 0 Å². The van der Waals surface area contributed by atoms with Crippen LogP contribution in [-0.4, -0.2) is 29.2 Å². The van der Waals surface area contributed by atoms with Crippen molar-refractivity contribution >= 4 is 12.0 Å². The first kappa shape index (κ1) is 13.4. The molecule has 0 aromatic heterocycles. The molecule has 102 valence electrons. The van der Waals surface area contributed by atoms with Crippen molar-refractivity contribution in [1.29, 1.82) is 0 Å². The highest BCUT2D eigenvalue weighted by Crippen LogP contribution is 2.21. The lowest BCUT2D eigenvalue weighted by atomic mass is 10.1. The first-order valence-corrected chi connectivity index (χ1v) is 6.46. The van der Waals surface area contributed by atoms with E-state index in [9.17, 15) is 9.59 Å². The van der Waals surface area contributed by atoms with Crippen molar-refractivity contribution in [2.45, 2.75) is 38.3 Å². The third-order valence-corrected chi connectivity index (χ3v) is 3.40. The van der Waals surface area contributed by atoms with Crippen LogP contribution in [0.4, 0.5) is 4.79 Å². The molecule has 5 heteroatoms. The van der Waals surface area contributed by atoms with E-state index < -0.39 is 18.0 Å². The maximum absolute atomic E-state index is 11.7. The van der Waals surface area contributed by atoms with Crippen molar-refractivity contribution < 1.29 is 14.7 Å². The Kier molecular flexibility index (Phi) is 4.04. The van der Waals surface area contributed by atoms with Crippen molar-refractivity contribution in [2.24, 2.45) is 0 Å². The molecule has 0 fully saturated rings. The molecule has 1 aromatic carbocycles. The number of benzene rings is 1. The number of urea groups is 1. The number of hydrogen-bond donors (Lipinski definition) is 3. The lowest BCUT2D eigenvalue weighted by Gasteiger charge is -2.16. The Bertz CT molecular complexity index is 462. The second-order valence-electron chi connectivity index (χ2n) is 4.79. The summed E-state index contributed by atoms with van der Waals surface area (Å²) in [4.78, 5) is 22.6. The number of carbonyl (C=O) groups is 2. The van der Waals surface area contributed by atoms with E-state index in [1.165, 1.54) is 11.1 Å². The molecule has 5 nitrogen and oxygen atoms in total. The minimum absolute atomic E-state index is 0.0451. The zero-order valence-corrected chi connectivity index (χ0v) is 10.8. The van der Waals surface area contributed by atoms with Gasteiger partial charge in [0.05, 0.1) is 0 Å². The van der Waals surface area contributed by atoms with Crippen LogP contribution in [0.25, 0.3) is 0 Å². The Balaban J connectivity index is 1.87. The summed E-state index contributed by atoms with van der Waals surface area (Å²) in [5.41, 5.74) is 2.50. The zero-order valence-electron chi connectivity index (χ0n) is 10.8. The highest BCUT2D eigenvalue weighted by Gasteiger charge is 2.24. The van der Waals surface area contributed by atoms with Crippen LogP contribution in [0, 0.1) is 0 Å². The average Bonchev–Trinajstić information content (AvgIpc) is 2.77. The number of carbonyl (C=O) groups excluding carboxylic acids is 1. The number of hydrogen-bond acceptors (Lipinski definition) is 2. The van der Waals surface area contributed by atoms with Gasteiger partial charge in [-0.05, 0) is 30.4 Å². The summed E-state index contributed by atoms with van der Waals surface area (Å²) in [7, 11) is 0. The van der Waals surface area contributed by atoms with Crippen molar-refractivity contribution in [3.8, 4) is 0 Å². The van der Waals surface area contributed by atoms with Crippen molar-refractivity contribution in [1.82, 2.24) is 10.6 Å². The largest absolute Gasteiger partial charge is 0.480 e. The predicted octanol–water partition coefficient (Wildman–Crippen LogP) is 1.32. The van der Waals surface area contributed by atoms with E-state index in [1.807, 2.05) is 12.1 Å². The Hall–Kier alpha value is -2.04. The van der Waals surface area contributed by atoms with Crippen LogP contribution in [0.2, 0.25) is 0 Å². The molecule has 0 aliphatic heterocycles. The molecule has 0 spiro atoms. The molecule has 1 aromatic rings. The van der Waals surface area contributed by atoms with Gasteiger partial charge >= 0.3 is 12.0 Å². The molecule has 1 aliphatic carbocycles. The van der Waals surface area contributed by atoms with Gasteiger partial charge in [-0.2, -0.15) is 0 Å². The summed E-state index contributed by atoms with van der Waals surface area (Å²) in [6, 6.07) is 6.89. The third-order valence-electron chi connectivity index (χ3n) is 3.40. The Labute approximate surface area is 112 Å². The van der Waals surface area contributed by atoms with Gasteiger partial charge in [-0.3, -0.25) is 0 Å². The molecular formula is C14H18N2O3. The first-order valence-electron chi connectivity index (χ1n) is 6.46. The third kappa shape index (κ3) is 3.24. The Morgan fingerprint density at radius 1 is 1.32 bits per heavy atom. The second-order valence-corrected chi connectivity index (χ2v) is 4.79. The minimum Gasteiger partial charge on any atom is -0.480 e. The molecule has 1 aliphatic rings. The maximum atomic E-state index is 11.7. The molecule has 1 atom stereocenters. The number of nitrogens with one attached hydrogen (secondary N) is 2. The normalized spacial score (nSPS) is 15.6. The molecule has 0 saturated heterocycles. The summed E-state index contributed by atoms with van der Waals surface area (Å²) >= 11 is 0. The summed E-state index contributed by atoms with van der Waals surface area (Å²) in [6.45, 7) is 1.73. The molecule has 3 N–H and O–H groups in total. The van der Waals surface area contributed by atoms with Crippen LogP contribution >= 0.6 is 0 Å². The highest BCUT2D eigenvalue weighted by atomic mass is 16.4.